The number of alkyl halides is 3. The van der Waals surface area contributed by atoms with Gasteiger partial charge in [0.05, 0.1) is 6.17 Å². The number of nitrogens with zero attached hydrogens (tertiary/aromatic N) is 2. The van der Waals surface area contributed by atoms with E-state index in [1.165, 1.54) is 0 Å². The molecule has 2 rings (SSSR count). The highest BCUT2D eigenvalue weighted by Gasteiger charge is 2.47. The third-order valence-corrected chi connectivity index (χ3v) is 4.25. The Morgan fingerprint density at radius 3 is 2.63 bits per heavy atom. The first-order valence-electron chi connectivity index (χ1n) is 7.31. The van der Waals surface area contributed by atoms with Crippen LogP contribution in [-0.4, -0.2) is 60.9 Å². The highest BCUT2D eigenvalue weighted by molar-refractivity contribution is 4.89. The number of piperidine rings is 1. The first-order chi connectivity index (χ1) is 9.04. The van der Waals surface area contributed by atoms with Crippen LogP contribution >= 0.6 is 0 Å². The second kappa shape index (κ2) is 6.41. The second-order valence-corrected chi connectivity index (χ2v) is 5.46. The molecule has 2 unspecified atom stereocenters. The van der Waals surface area contributed by atoms with Crippen LogP contribution in [0.15, 0.2) is 0 Å². The Kier molecular flexibility index (Phi) is 5.09. The molecule has 0 aromatic heterocycles. The fourth-order valence-corrected chi connectivity index (χ4v) is 3.28. The highest BCUT2D eigenvalue weighted by Crippen LogP contribution is 2.31. The number of nitrogens with one attached hydrogen (secondary N) is 1. The van der Waals surface area contributed by atoms with Crippen molar-refractivity contribution in [1.29, 1.82) is 0 Å². The van der Waals surface area contributed by atoms with Crippen molar-refractivity contribution in [2.75, 3.05) is 32.7 Å². The molecule has 0 amide bonds. The minimum Gasteiger partial charge on any atom is -0.315 e. The molecule has 0 spiro atoms. The fraction of sp³-hybridized carbons (Fsp3) is 1.00. The van der Waals surface area contributed by atoms with E-state index in [1.807, 2.05) is 6.92 Å². The smallest absolute Gasteiger partial charge is 0.315 e. The van der Waals surface area contributed by atoms with E-state index in [0.717, 1.165) is 38.8 Å². The Labute approximate surface area is 113 Å². The Hall–Kier alpha value is -0.330. The molecular formula is C13H24F3N3. The van der Waals surface area contributed by atoms with Crippen molar-refractivity contribution in [2.45, 2.75) is 51.0 Å². The highest BCUT2D eigenvalue weighted by atomic mass is 19.4. The fourth-order valence-electron chi connectivity index (χ4n) is 3.28. The molecule has 3 nitrogen and oxygen atoms in total. The number of hydrogen-bond donors (Lipinski definition) is 1. The average Bonchev–Trinajstić information content (AvgIpc) is 2.63. The van der Waals surface area contributed by atoms with Gasteiger partial charge in [-0.25, -0.2) is 0 Å². The van der Waals surface area contributed by atoms with Crippen molar-refractivity contribution < 1.29 is 13.2 Å². The van der Waals surface area contributed by atoms with Gasteiger partial charge in [-0.1, -0.05) is 6.92 Å². The molecule has 2 saturated heterocycles. The van der Waals surface area contributed by atoms with E-state index in [0.29, 0.717) is 13.1 Å². The van der Waals surface area contributed by atoms with Gasteiger partial charge in [0.1, 0.15) is 6.04 Å². The van der Waals surface area contributed by atoms with Crippen molar-refractivity contribution in [1.82, 2.24) is 15.1 Å². The zero-order chi connectivity index (χ0) is 13.9. The Morgan fingerprint density at radius 1 is 1.16 bits per heavy atom. The number of hydrogen-bond acceptors (Lipinski definition) is 3. The number of halogens is 3. The predicted octanol–water partition coefficient (Wildman–Crippen LogP) is 2.04. The minimum atomic E-state index is -4.14. The summed E-state index contributed by atoms with van der Waals surface area (Å²) < 4.78 is 39.8. The molecule has 0 radical (unpaired) electrons. The van der Waals surface area contributed by atoms with E-state index in [9.17, 15) is 13.2 Å². The van der Waals surface area contributed by atoms with Gasteiger partial charge >= 0.3 is 6.18 Å². The van der Waals surface area contributed by atoms with Gasteiger partial charge < -0.3 is 5.32 Å². The van der Waals surface area contributed by atoms with E-state index in [-0.39, 0.29) is 12.7 Å². The van der Waals surface area contributed by atoms with E-state index in [2.05, 4.69) is 10.2 Å². The molecule has 2 atom stereocenters. The van der Waals surface area contributed by atoms with Crippen LogP contribution in [0.25, 0.3) is 0 Å². The molecule has 112 valence electrons. The van der Waals surface area contributed by atoms with Crippen LogP contribution in [0.1, 0.15) is 32.6 Å². The number of likely N-dealkylation sites (tertiary alicyclic amines) is 1. The summed E-state index contributed by atoms with van der Waals surface area (Å²) in [6, 6.07) is -1.34. The lowest BCUT2D eigenvalue weighted by Gasteiger charge is -2.45. The zero-order valence-corrected chi connectivity index (χ0v) is 11.5. The standard InChI is InChI=1S/C13H24F3N3/c1-2-18-8-4-3-6-12(18)19-9-5-7-17-10-11(19)13(14,15)16/h11-12,17H,2-10H2,1H3. The molecular weight excluding hydrogens is 255 g/mol. The monoisotopic (exact) mass is 279 g/mol. The Balaban J connectivity index is 2.16. The Morgan fingerprint density at radius 2 is 1.95 bits per heavy atom. The van der Waals surface area contributed by atoms with Gasteiger partial charge in [0.2, 0.25) is 0 Å². The topological polar surface area (TPSA) is 18.5 Å². The normalized spacial score (nSPS) is 32.2. The lowest BCUT2D eigenvalue weighted by Crippen LogP contribution is -2.59. The molecule has 2 aliphatic heterocycles. The van der Waals surface area contributed by atoms with Gasteiger partial charge in [-0.3, -0.25) is 9.80 Å². The van der Waals surface area contributed by atoms with Crippen molar-refractivity contribution in [3.63, 3.8) is 0 Å². The third-order valence-electron chi connectivity index (χ3n) is 4.25. The molecule has 2 heterocycles. The lowest BCUT2D eigenvalue weighted by atomic mass is 10.0. The average molecular weight is 279 g/mol. The third kappa shape index (κ3) is 3.61. The predicted molar refractivity (Wildman–Crippen MR) is 68.9 cm³/mol. The molecule has 0 aromatic rings. The summed E-state index contributed by atoms with van der Waals surface area (Å²) in [4.78, 5) is 3.90. The zero-order valence-electron chi connectivity index (χ0n) is 11.5. The molecule has 2 fully saturated rings. The van der Waals surface area contributed by atoms with Crippen molar-refractivity contribution in [3.8, 4) is 0 Å². The van der Waals surface area contributed by atoms with Gasteiger partial charge in [0.15, 0.2) is 0 Å². The largest absolute Gasteiger partial charge is 0.405 e. The van der Waals surface area contributed by atoms with Crippen LogP contribution < -0.4 is 5.32 Å². The van der Waals surface area contributed by atoms with Gasteiger partial charge in [-0.2, -0.15) is 13.2 Å². The van der Waals surface area contributed by atoms with Crippen LogP contribution in [0, 0.1) is 0 Å². The van der Waals surface area contributed by atoms with Gasteiger partial charge in [-0.15, -0.1) is 0 Å². The van der Waals surface area contributed by atoms with Crippen LogP contribution in [0.3, 0.4) is 0 Å². The minimum absolute atomic E-state index is 0.0254. The Bertz CT molecular complexity index is 283. The lowest BCUT2D eigenvalue weighted by molar-refractivity contribution is -0.197. The summed E-state index contributed by atoms with van der Waals surface area (Å²) in [5.74, 6) is 0. The van der Waals surface area contributed by atoms with Crippen molar-refractivity contribution >= 4 is 0 Å². The van der Waals surface area contributed by atoms with Crippen LogP contribution in [-0.2, 0) is 0 Å². The van der Waals surface area contributed by atoms with E-state index in [1.54, 1.807) is 4.90 Å². The maximum atomic E-state index is 13.3. The first-order valence-corrected chi connectivity index (χ1v) is 7.31. The maximum absolute atomic E-state index is 13.3. The van der Waals surface area contributed by atoms with Crippen molar-refractivity contribution in [3.05, 3.63) is 0 Å². The first kappa shape index (κ1) is 15.1. The van der Waals surface area contributed by atoms with Crippen molar-refractivity contribution in [2.24, 2.45) is 0 Å². The molecule has 0 bridgehead atoms. The van der Waals surface area contributed by atoms with Crippen LogP contribution in [0.2, 0.25) is 0 Å². The van der Waals surface area contributed by atoms with E-state index < -0.39 is 12.2 Å². The molecule has 19 heavy (non-hydrogen) atoms. The summed E-state index contributed by atoms with van der Waals surface area (Å²) >= 11 is 0. The molecule has 0 aromatic carbocycles. The van der Waals surface area contributed by atoms with Crippen LogP contribution in [0.5, 0.6) is 0 Å². The van der Waals surface area contributed by atoms with E-state index >= 15 is 0 Å². The molecule has 6 heteroatoms. The second-order valence-electron chi connectivity index (χ2n) is 5.46. The molecule has 0 aliphatic carbocycles. The summed E-state index contributed by atoms with van der Waals surface area (Å²) in [5, 5.41) is 2.93. The van der Waals surface area contributed by atoms with Crippen LogP contribution in [0.4, 0.5) is 13.2 Å². The van der Waals surface area contributed by atoms with Gasteiger partial charge in [-0.05, 0) is 45.3 Å². The molecule has 1 N–H and O–H groups in total. The molecule has 0 saturated carbocycles. The number of rotatable bonds is 2. The van der Waals surface area contributed by atoms with Gasteiger partial charge in [0.25, 0.3) is 0 Å². The summed E-state index contributed by atoms with van der Waals surface area (Å²) in [5.41, 5.74) is 0. The quantitative estimate of drug-likeness (QED) is 0.834. The summed E-state index contributed by atoms with van der Waals surface area (Å²) in [6.07, 6.45) is -0.386. The van der Waals surface area contributed by atoms with E-state index in [4.69, 9.17) is 0 Å². The van der Waals surface area contributed by atoms with Gasteiger partial charge in [0, 0.05) is 13.1 Å². The summed E-state index contributed by atoms with van der Waals surface area (Å²) in [7, 11) is 0. The maximum Gasteiger partial charge on any atom is 0.405 e. The SMILES string of the molecule is CCN1CCCCC1N1CCCNCC1C(F)(F)F. The summed E-state index contributed by atoms with van der Waals surface area (Å²) in [6.45, 7) is 5.05. The molecule has 2 aliphatic rings.